The van der Waals surface area contributed by atoms with Crippen molar-refractivity contribution in [1.29, 1.82) is 0 Å². The molecule has 4 aliphatic rings. The Morgan fingerprint density at radius 3 is 2.51 bits per heavy atom. The van der Waals surface area contributed by atoms with Gasteiger partial charge in [0.25, 0.3) is 0 Å². The van der Waals surface area contributed by atoms with Crippen LogP contribution in [-0.2, 0) is 29.2 Å². The summed E-state index contributed by atoms with van der Waals surface area (Å²) in [7, 11) is -5.20. The fraction of sp³-hybridized carbons (Fsp3) is 0.852. The second kappa shape index (κ2) is 13.2. The number of fused-ring (bicyclic) bond motifs is 2. The van der Waals surface area contributed by atoms with Crippen LogP contribution in [0.25, 0.3) is 0 Å². The molecule has 2 aliphatic heterocycles. The number of ether oxygens (including phenoxy) is 1. The van der Waals surface area contributed by atoms with Crippen molar-refractivity contribution in [2.75, 3.05) is 26.2 Å². The van der Waals surface area contributed by atoms with Crippen molar-refractivity contribution in [1.82, 2.24) is 20.9 Å². The highest BCUT2D eigenvalue weighted by molar-refractivity contribution is 7.86. The van der Waals surface area contributed by atoms with E-state index in [-0.39, 0.29) is 43.1 Å². The number of rotatable bonds is 13. The van der Waals surface area contributed by atoms with E-state index in [1.165, 1.54) is 25.7 Å². The molecule has 14 heteroatoms. The van der Waals surface area contributed by atoms with E-state index in [9.17, 15) is 37.3 Å². The highest BCUT2D eigenvalue weighted by Gasteiger charge is 2.42. The van der Waals surface area contributed by atoms with Gasteiger partial charge in [0.15, 0.2) is 5.44 Å². The van der Waals surface area contributed by atoms with E-state index in [4.69, 9.17) is 4.74 Å². The minimum atomic E-state index is -5.20. The van der Waals surface area contributed by atoms with Crippen molar-refractivity contribution in [3.8, 4) is 0 Å². The van der Waals surface area contributed by atoms with Gasteiger partial charge in [-0.15, -0.1) is 0 Å². The van der Waals surface area contributed by atoms with Crippen molar-refractivity contribution < 1.29 is 42.0 Å². The Morgan fingerprint density at radius 2 is 1.93 bits per heavy atom. The van der Waals surface area contributed by atoms with E-state index < -0.39 is 45.6 Å². The van der Waals surface area contributed by atoms with Crippen LogP contribution in [0.15, 0.2) is 0 Å². The molecule has 4 fully saturated rings. The SMILES string of the molecule is CC(C)C[C@H](NC(=O)OCC1CC(=O)N(CC2CC3CCC2C3)C1)C(=O)N[C@@H](C[C@@H]1CCNC1=O)C(O)S(=O)(=O)[O-]. The van der Waals surface area contributed by atoms with Crippen molar-refractivity contribution in [2.45, 2.75) is 82.7 Å². The molecule has 2 saturated heterocycles. The molecule has 0 aromatic carbocycles. The zero-order valence-corrected chi connectivity index (χ0v) is 24.6. The molecule has 41 heavy (non-hydrogen) atoms. The van der Waals surface area contributed by atoms with Crippen LogP contribution in [0.1, 0.15) is 65.2 Å². The number of likely N-dealkylation sites (tertiary alicyclic amines) is 1. The Kier molecular flexibility index (Phi) is 10.2. The number of alkyl carbamates (subject to hydrolysis) is 1. The first-order valence-corrected chi connectivity index (χ1v) is 16.2. The lowest BCUT2D eigenvalue weighted by Gasteiger charge is -2.29. The van der Waals surface area contributed by atoms with Crippen LogP contribution >= 0.6 is 0 Å². The molecular weight excluding hydrogens is 556 g/mol. The fourth-order valence-electron chi connectivity index (χ4n) is 7.01. The second-order valence-corrected chi connectivity index (χ2v) is 14.2. The molecule has 4 N–H and O–H groups in total. The lowest BCUT2D eigenvalue weighted by molar-refractivity contribution is -0.128. The van der Waals surface area contributed by atoms with Crippen LogP contribution in [0.3, 0.4) is 0 Å². The summed E-state index contributed by atoms with van der Waals surface area (Å²) in [5.74, 6) is 0.0548. The lowest BCUT2D eigenvalue weighted by atomic mass is 9.88. The van der Waals surface area contributed by atoms with Crippen LogP contribution in [0, 0.1) is 35.5 Å². The summed E-state index contributed by atoms with van der Waals surface area (Å²) in [4.78, 5) is 52.3. The molecule has 4 amide bonds. The molecule has 8 atom stereocenters. The number of aliphatic hydroxyl groups is 1. The number of carbonyl (C=O) groups is 4. The Hall–Kier alpha value is -2.45. The molecule has 4 rings (SSSR count). The molecule has 232 valence electrons. The topological polar surface area (TPSA) is 194 Å². The number of amides is 4. The van der Waals surface area contributed by atoms with Crippen molar-refractivity contribution in [3.05, 3.63) is 0 Å². The Balaban J connectivity index is 1.29. The van der Waals surface area contributed by atoms with Crippen LogP contribution < -0.4 is 16.0 Å². The molecule has 5 unspecified atom stereocenters. The first kappa shape index (κ1) is 31.5. The number of aliphatic hydroxyl groups excluding tert-OH is 1. The number of nitrogens with one attached hydrogen (secondary N) is 3. The van der Waals surface area contributed by atoms with Crippen LogP contribution in [0.5, 0.6) is 0 Å². The smallest absolute Gasteiger partial charge is 0.407 e. The monoisotopic (exact) mass is 599 g/mol. The van der Waals surface area contributed by atoms with Gasteiger partial charge in [0.05, 0.1) is 12.6 Å². The first-order chi connectivity index (χ1) is 19.3. The number of hydrogen-bond acceptors (Lipinski definition) is 9. The largest absolute Gasteiger partial charge is 0.746 e. The van der Waals surface area contributed by atoms with Crippen LogP contribution in [0.4, 0.5) is 4.79 Å². The van der Waals surface area contributed by atoms with Gasteiger partial charge in [0, 0.05) is 37.9 Å². The molecule has 2 bridgehead atoms. The van der Waals surface area contributed by atoms with Crippen molar-refractivity contribution in [2.24, 2.45) is 35.5 Å². The summed E-state index contributed by atoms with van der Waals surface area (Å²) in [6.07, 6.45) is 4.70. The van der Waals surface area contributed by atoms with Gasteiger partial charge in [-0.2, -0.15) is 0 Å². The average Bonchev–Trinajstić information content (AvgIpc) is 3.67. The predicted octanol–water partition coefficient (Wildman–Crippen LogP) is 0.287. The normalized spacial score (nSPS) is 29.9. The standard InChI is InChI=1S/C27H44N4O9S/c1-15(2)7-21(25(34)29-22(26(35)41(37,38)39)11-19-5-6-28-24(19)33)30-27(36)40-14-17-10-23(32)31(12-17)13-20-9-16-3-4-18(20)8-16/h15-22,26,35H,3-14H2,1-2H3,(H,28,33)(H,29,34)(H,30,36)(H,37,38,39)/p-1/t16?,17?,18?,19-,20?,21-,22-,26?/m0/s1. The highest BCUT2D eigenvalue weighted by Crippen LogP contribution is 2.48. The predicted molar refractivity (Wildman–Crippen MR) is 145 cm³/mol. The summed E-state index contributed by atoms with van der Waals surface area (Å²) in [6.45, 7) is 5.29. The minimum absolute atomic E-state index is 0.00731. The zero-order valence-electron chi connectivity index (χ0n) is 23.8. The van der Waals surface area contributed by atoms with Gasteiger partial charge in [0.1, 0.15) is 16.2 Å². The van der Waals surface area contributed by atoms with E-state index in [1.54, 1.807) is 0 Å². The van der Waals surface area contributed by atoms with Gasteiger partial charge < -0.3 is 35.2 Å². The maximum Gasteiger partial charge on any atom is 0.407 e. The molecule has 2 heterocycles. The van der Waals surface area contributed by atoms with Crippen LogP contribution in [-0.4, -0.2) is 90.6 Å². The average molecular weight is 600 g/mol. The molecule has 2 aliphatic carbocycles. The molecular formula is C27H43N4O9S-. The third-order valence-electron chi connectivity index (χ3n) is 9.07. The number of nitrogens with zero attached hydrogens (tertiary/aromatic N) is 1. The summed E-state index contributed by atoms with van der Waals surface area (Å²) in [6, 6.07) is -2.69. The second-order valence-electron chi connectivity index (χ2n) is 12.7. The Labute approximate surface area is 241 Å². The van der Waals surface area contributed by atoms with E-state index >= 15 is 0 Å². The van der Waals surface area contributed by atoms with Crippen molar-refractivity contribution in [3.63, 3.8) is 0 Å². The molecule has 0 aromatic heterocycles. The summed E-state index contributed by atoms with van der Waals surface area (Å²) in [5.41, 5.74) is -2.46. The van der Waals surface area contributed by atoms with Gasteiger partial charge >= 0.3 is 6.09 Å². The Bertz CT molecular complexity index is 1100. The third kappa shape index (κ3) is 8.31. The van der Waals surface area contributed by atoms with E-state index in [0.717, 1.165) is 12.5 Å². The summed E-state index contributed by atoms with van der Waals surface area (Å²) >= 11 is 0. The zero-order chi connectivity index (χ0) is 29.9. The lowest BCUT2D eigenvalue weighted by Crippen LogP contribution is -2.55. The molecule has 0 spiro atoms. The molecule has 2 saturated carbocycles. The maximum absolute atomic E-state index is 13.1. The first-order valence-electron chi connectivity index (χ1n) is 14.7. The third-order valence-corrected chi connectivity index (χ3v) is 9.99. The molecule has 0 radical (unpaired) electrons. The van der Waals surface area contributed by atoms with Gasteiger partial charge in [-0.1, -0.05) is 20.3 Å². The number of hydrogen-bond donors (Lipinski definition) is 4. The van der Waals surface area contributed by atoms with Gasteiger partial charge in [-0.05, 0) is 62.2 Å². The molecule has 13 nitrogen and oxygen atoms in total. The van der Waals surface area contributed by atoms with Crippen molar-refractivity contribution >= 4 is 33.9 Å². The quantitative estimate of drug-likeness (QED) is 0.215. The van der Waals surface area contributed by atoms with Gasteiger partial charge in [0.2, 0.25) is 17.7 Å². The van der Waals surface area contributed by atoms with Gasteiger partial charge in [-0.3, -0.25) is 14.4 Å². The van der Waals surface area contributed by atoms with E-state index in [2.05, 4.69) is 16.0 Å². The molecule has 0 aromatic rings. The highest BCUT2D eigenvalue weighted by atomic mass is 32.2. The Morgan fingerprint density at radius 1 is 1.17 bits per heavy atom. The number of carbonyl (C=O) groups excluding carboxylic acids is 4. The van der Waals surface area contributed by atoms with Gasteiger partial charge in [-0.25, -0.2) is 13.2 Å². The van der Waals surface area contributed by atoms with E-state index in [0.29, 0.717) is 37.8 Å². The maximum atomic E-state index is 13.1. The minimum Gasteiger partial charge on any atom is -0.746 e. The fourth-order valence-corrected chi connectivity index (χ4v) is 7.59. The summed E-state index contributed by atoms with van der Waals surface area (Å²) in [5, 5.41) is 17.6. The van der Waals surface area contributed by atoms with E-state index in [1.807, 2.05) is 18.7 Å². The summed E-state index contributed by atoms with van der Waals surface area (Å²) < 4.78 is 40.0. The van der Waals surface area contributed by atoms with Crippen LogP contribution in [0.2, 0.25) is 0 Å².